The van der Waals surface area contributed by atoms with Gasteiger partial charge in [0.2, 0.25) is 0 Å². The van der Waals surface area contributed by atoms with Gasteiger partial charge in [0.1, 0.15) is 0 Å². The van der Waals surface area contributed by atoms with E-state index in [4.69, 9.17) is 4.74 Å². The SMILES string of the molecule is CCCC[SiH2]C([C]=O)CCCCCCCCCCCCCCCCOC1CC[CH]CC1. The van der Waals surface area contributed by atoms with Crippen LogP contribution in [0.1, 0.15) is 142 Å². The maximum atomic E-state index is 11.0. The van der Waals surface area contributed by atoms with Gasteiger partial charge in [0, 0.05) is 21.7 Å². The van der Waals surface area contributed by atoms with E-state index in [2.05, 4.69) is 19.6 Å². The first-order chi connectivity index (χ1) is 15.4. The summed E-state index contributed by atoms with van der Waals surface area (Å²) in [6, 6.07) is 1.34. The molecule has 3 heteroatoms. The van der Waals surface area contributed by atoms with E-state index in [1.165, 1.54) is 134 Å². The molecule has 31 heavy (non-hydrogen) atoms. The van der Waals surface area contributed by atoms with Crippen molar-refractivity contribution >= 4 is 15.8 Å². The van der Waals surface area contributed by atoms with Crippen molar-refractivity contribution < 1.29 is 9.53 Å². The minimum Gasteiger partial charge on any atom is -0.378 e. The minimum atomic E-state index is -0.186. The van der Waals surface area contributed by atoms with E-state index < -0.39 is 0 Å². The first-order valence-electron chi connectivity index (χ1n) is 14.2. The third kappa shape index (κ3) is 19.1. The lowest BCUT2D eigenvalue weighted by atomic mass is 9.98. The number of ether oxygens (including phenoxy) is 1. The Kier molecular flexibility index (Phi) is 21.4. The molecule has 0 N–H and O–H groups in total. The molecule has 0 aromatic carbocycles. The van der Waals surface area contributed by atoms with Crippen molar-refractivity contribution in [3.05, 3.63) is 6.42 Å². The molecule has 182 valence electrons. The maximum absolute atomic E-state index is 11.0. The van der Waals surface area contributed by atoms with Crippen LogP contribution in [-0.2, 0) is 9.53 Å². The van der Waals surface area contributed by atoms with E-state index in [0.29, 0.717) is 11.6 Å². The third-order valence-electron chi connectivity index (χ3n) is 7.01. The molecule has 1 aliphatic carbocycles. The van der Waals surface area contributed by atoms with Crippen LogP contribution in [0.2, 0.25) is 11.6 Å². The molecule has 0 amide bonds. The summed E-state index contributed by atoms with van der Waals surface area (Å²) >= 11 is 0. The summed E-state index contributed by atoms with van der Waals surface area (Å²) in [6.07, 6.45) is 33.3. The Morgan fingerprint density at radius 3 is 1.84 bits per heavy atom. The van der Waals surface area contributed by atoms with Crippen molar-refractivity contribution in [3.8, 4) is 0 Å². The number of hydrogen-bond acceptors (Lipinski definition) is 2. The Bertz CT molecular complexity index is 368. The molecule has 0 heterocycles. The highest BCUT2D eigenvalue weighted by Gasteiger charge is 2.13. The summed E-state index contributed by atoms with van der Waals surface area (Å²) in [5.41, 5.74) is 0.348. The highest BCUT2D eigenvalue weighted by atomic mass is 28.2. The number of hydrogen-bond donors (Lipinski definition) is 0. The summed E-state index contributed by atoms with van der Waals surface area (Å²) in [7, 11) is -0.186. The van der Waals surface area contributed by atoms with Gasteiger partial charge in [-0.15, -0.1) is 0 Å². The molecule has 0 aromatic rings. The molecule has 1 atom stereocenters. The molecule has 0 aromatic heterocycles. The maximum Gasteiger partial charge on any atom is 0.198 e. The fourth-order valence-corrected chi connectivity index (χ4v) is 6.81. The lowest BCUT2D eigenvalue weighted by Gasteiger charge is -2.21. The Morgan fingerprint density at radius 2 is 1.32 bits per heavy atom. The third-order valence-corrected chi connectivity index (χ3v) is 9.19. The molecule has 1 unspecified atom stereocenters. The van der Waals surface area contributed by atoms with E-state index in [9.17, 15) is 4.79 Å². The zero-order chi connectivity index (χ0) is 22.2. The average molecular weight is 451 g/mol. The normalized spacial score (nSPS) is 16.3. The summed E-state index contributed by atoms with van der Waals surface area (Å²) in [4.78, 5) is 11.0. The summed E-state index contributed by atoms with van der Waals surface area (Å²) in [5, 5.41) is 0. The molecule has 0 aliphatic heterocycles. The number of unbranched alkanes of at least 4 members (excludes halogenated alkanes) is 14. The second kappa shape index (κ2) is 23.0. The van der Waals surface area contributed by atoms with Crippen molar-refractivity contribution in [2.45, 2.75) is 159 Å². The van der Waals surface area contributed by atoms with Crippen molar-refractivity contribution in [2.24, 2.45) is 0 Å². The van der Waals surface area contributed by atoms with E-state index in [0.717, 1.165) is 13.0 Å². The summed E-state index contributed by atoms with van der Waals surface area (Å²) in [5.74, 6) is 0. The quantitative estimate of drug-likeness (QED) is 0.116. The molecule has 1 saturated carbocycles. The van der Waals surface area contributed by atoms with Crippen LogP contribution in [-0.4, -0.2) is 28.5 Å². The molecule has 2 radical (unpaired) electrons. The molecule has 1 fully saturated rings. The van der Waals surface area contributed by atoms with E-state index in [-0.39, 0.29) is 9.52 Å². The van der Waals surface area contributed by atoms with Crippen LogP contribution < -0.4 is 0 Å². The van der Waals surface area contributed by atoms with Gasteiger partial charge in [-0.05, 0) is 44.9 Å². The Balaban J connectivity index is 1.70. The van der Waals surface area contributed by atoms with Gasteiger partial charge in [0.25, 0.3) is 0 Å². The highest BCUT2D eigenvalue weighted by molar-refractivity contribution is 6.42. The standard InChI is InChI=1S/C28H54O2Si/c1-2-3-25-31-28(26-29)23-19-14-12-10-8-6-4-5-7-9-11-13-15-20-24-30-27-21-17-16-18-22-27/h16,27-28H,2-15,17-25,31H2,1H3. The average Bonchev–Trinajstić information content (AvgIpc) is 2.80. The first-order valence-corrected chi connectivity index (χ1v) is 16.0. The van der Waals surface area contributed by atoms with Crippen LogP contribution in [0, 0.1) is 6.42 Å². The van der Waals surface area contributed by atoms with Crippen molar-refractivity contribution in [3.63, 3.8) is 0 Å². The van der Waals surface area contributed by atoms with Crippen LogP contribution in [0.3, 0.4) is 0 Å². The molecule has 0 saturated heterocycles. The van der Waals surface area contributed by atoms with Gasteiger partial charge < -0.3 is 4.74 Å². The molecule has 0 spiro atoms. The lowest BCUT2D eigenvalue weighted by molar-refractivity contribution is 0.0326. The fourth-order valence-electron chi connectivity index (χ4n) is 4.83. The molecule has 1 rings (SSSR count). The van der Waals surface area contributed by atoms with Crippen molar-refractivity contribution in [1.29, 1.82) is 0 Å². The van der Waals surface area contributed by atoms with Gasteiger partial charge in [-0.25, -0.2) is 0 Å². The van der Waals surface area contributed by atoms with Gasteiger partial charge in [0.15, 0.2) is 6.29 Å². The van der Waals surface area contributed by atoms with E-state index in [1.54, 1.807) is 0 Å². The largest absolute Gasteiger partial charge is 0.378 e. The van der Waals surface area contributed by atoms with Crippen LogP contribution >= 0.6 is 0 Å². The molecule has 0 bridgehead atoms. The zero-order valence-electron chi connectivity index (χ0n) is 21.0. The number of rotatable bonds is 23. The fraction of sp³-hybridized carbons (Fsp3) is 0.929. The monoisotopic (exact) mass is 450 g/mol. The van der Waals surface area contributed by atoms with Gasteiger partial charge >= 0.3 is 0 Å². The van der Waals surface area contributed by atoms with Crippen LogP contribution in [0.4, 0.5) is 0 Å². The van der Waals surface area contributed by atoms with Crippen LogP contribution in [0.5, 0.6) is 0 Å². The van der Waals surface area contributed by atoms with Gasteiger partial charge in [-0.3, -0.25) is 4.79 Å². The zero-order valence-corrected chi connectivity index (χ0v) is 22.4. The Morgan fingerprint density at radius 1 is 0.806 bits per heavy atom. The van der Waals surface area contributed by atoms with E-state index >= 15 is 0 Å². The summed E-state index contributed by atoms with van der Waals surface area (Å²) in [6.45, 7) is 3.23. The minimum absolute atomic E-state index is 0.186. The Hall–Kier alpha value is -0.153. The molecule has 2 nitrogen and oxygen atoms in total. The molecular formula is C28H54O2Si. The molecule has 1 aliphatic rings. The highest BCUT2D eigenvalue weighted by Crippen LogP contribution is 2.20. The van der Waals surface area contributed by atoms with Crippen LogP contribution in [0.25, 0.3) is 0 Å². The second-order valence-electron chi connectivity index (χ2n) is 9.99. The lowest BCUT2D eigenvalue weighted by Crippen LogP contribution is -2.17. The predicted octanol–water partition coefficient (Wildman–Crippen LogP) is 8.29. The van der Waals surface area contributed by atoms with E-state index in [1.807, 2.05) is 0 Å². The van der Waals surface area contributed by atoms with Gasteiger partial charge in [-0.2, -0.15) is 0 Å². The first kappa shape index (κ1) is 28.9. The second-order valence-corrected chi connectivity index (χ2v) is 12.3. The molecular weight excluding hydrogens is 396 g/mol. The summed E-state index contributed by atoms with van der Waals surface area (Å²) < 4.78 is 6.00. The van der Waals surface area contributed by atoms with Crippen LogP contribution in [0.15, 0.2) is 0 Å². The topological polar surface area (TPSA) is 26.3 Å². The van der Waals surface area contributed by atoms with Crippen molar-refractivity contribution in [1.82, 2.24) is 0 Å². The van der Waals surface area contributed by atoms with Gasteiger partial charge in [-0.1, -0.05) is 109 Å². The Labute approximate surface area is 197 Å². The smallest absolute Gasteiger partial charge is 0.198 e. The van der Waals surface area contributed by atoms with Gasteiger partial charge in [0.05, 0.1) is 6.10 Å². The predicted molar refractivity (Wildman–Crippen MR) is 139 cm³/mol. The number of carbonyl (C=O) groups excluding carboxylic acids is 1. The van der Waals surface area contributed by atoms with Crippen molar-refractivity contribution in [2.75, 3.05) is 6.61 Å².